The van der Waals surface area contributed by atoms with Gasteiger partial charge in [-0.2, -0.15) is 0 Å². The molecule has 31 heavy (non-hydrogen) atoms. The number of halogens is 1. The van der Waals surface area contributed by atoms with Crippen molar-refractivity contribution < 1.29 is 4.79 Å². The maximum atomic E-state index is 12.4. The van der Waals surface area contributed by atoms with E-state index in [9.17, 15) is 4.79 Å². The summed E-state index contributed by atoms with van der Waals surface area (Å²) in [6, 6.07) is 20.2. The molecule has 5 rings (SSSR count). The van der Waals surface area contributed by atoms with Gasteiger partial charge in [0.25, 0.3) is 0 Å². The molecule has 3 aromatic heterocycles. The second-order valence-corrected chi connectivity index (χ2v) is 9.00. The topological polar surface area (TPSA) is 66.9 Å². The molecule has 5 nitrogen and oxygen atoms in total. The molecule has 0 fully saturated rings. The van der Waals surface area contributed by atoms with E-state index < -0.39 is 0 Å². The minimum absolute atomic E-state index is 0.344. The molecule has 152 valence electrons. The number of carbonyl (C=O) groups is 1. The summed E-state index contributed by atoms with van der Waals surface area (Å²) in [4.78, 5) is 24.3. The van der Waals surface area contributed by atoms with Crippen molar-refractivity contribution >= 4 is 62.7 Å². The smallest absolute Gasteiger partial charge is 0.308 e. The van der Waals surface area contributed by atoms with Crippen LogP contribution in [0.3, 0.4) is 0 Å². The van der Waals surface area contributed by atoms with Crippen LogP contribution in [0.25, 0.3) is 32.2 Å². The zero-order valence-corrected chi connectivity index (χ0v) is 18.4. The van der Waals surface area contributed by atoms with E-state index >= 15 is 0 Å². The van der Waals surface area contributed by atoms with Crippen LogP contribution in [0, 0.1) is 0 Å². The Morgan fingerprint density at radius 2 is 1.32 bits per heavy atom. The average molecular weight is 463 g/mol. The fraction of sp³-hybridized carbons (Fsp3) is 0. The van der Waals surface area contributed by atoms with Crippen LogP contribution < -0.4 is 10.6 Å². The van der Waals surface area contributed by atoms with Gasteiger partial charge in [0.15, 0.2) is 0 Å². The minimum atomic E-state index is -0.344. The zero-order chi connectivity index (χ0) is 21.2. The first-order chi connectivity index (χ1) is 15.2. The summed E-state index contributed by atoms with van der Waals surface area (Å²) in [6.45, 7) is 0. The summed E-state index contributed by atoms with van der Waals surface area (Å²) < 4.78 is 0. The second-order valence-electron chi connectivity index (χ2n) is 6.66. The molecule has 5 aromatic rings. The molecular formula is C23H15ClN4OS2. The quantitative estimate of drug-likeness (QED) is 0.292. The van der Waals surface area contributed by atoms with Gasteiger partial charge in [-0.25, -0.2) is 14.8 Å². The van der Waals surface area contributed by atoms with Crippen LogP contribution in [0.15, 0.2) is 77.5 Å². The average Bonchev–Trinajstić information content (AvgIpc) is 3.49. The number of anilines is 2. The first-order valence-electron chi connectivity index (χ1n) is 9.39. The van der Waals surface area contributed by atoms with Crippen LogP contribution in [-0.4, -0.2) is 16.0 Å². The van der Waals surface area contributed by atoms with Crippen LogP contribution in [0.4, 0.5) is 16.2 Å². The number of carbonyl (C=O) groups excluding carboxylic acids is 1. The van der Waals surface area contributed by atoms with E-state index in [1.807, 2.05) is 47.2 Å². The van der Waals surface area contributed by atoms with Crippen molar-refractivity contribution in [1.82, 2.24) is 9.97 Å². The lowest BCUT2D eigenvalue weighted by Crippen LogP contribution is -2.19. The van der Waals surface area contributed by atoms with Gasteiger partial charge < -0.3 is 10.6 Å². The maximum absolute atomic E-state index is 12.4. The van der Waals surface area contributed by atoms with E-state index in [0.717, 1.165) is 26.7 Å². The third-order valence-corrected chi connectivity index (χ3v) is 6.54. The van der Waals surface area contributed by atoms with Crippen LogP contribution in [0.1, 0.15) is 0 Å². The summed E-state index contributed by atoms with van der Waals surface area (Å²) in [6.07, 6.45) is 0. The Labute approximate surface area is 191 Å². The number of urea groups is 1. The molecule has 2 amide bonds. The van der Waals surface area contributed by atoms with Gasteiger partial charge in [-0.15, -0.1) is 22.7 Å². The van der Waals surface area contributed by atoms with Crippen molar-refractivity contribution in [2.75, 3.05) is 10.6 Å². The normalized spacial score (nSPS) is 10.9. The molecule has 0 saturated heterocycles. The fourth-order valence-electron chi connectivity index (χ4n) is 3.13. The number of aromatic nitrogens is 2. The summed E-state index contributed by atoms with van der Waals surface area (Å²) in [5, 5.41) is 10.3. The lowest BCUT2D eigenvalue weighted by molar-refractivity contribution is 0.262. The van der Waals surface area contributed by atoms with Gasteiger partial charge >= 0.3 is 6.03 Å². The number of nitrogens with zero attached hydrogens (tertiary/aromatic N) is 2. The van der Waals surface area contributed by atoms with Gasteiger partial charge in [0.2, 0.25) is 0 Å². The first-order valence-corrected chi connectivity index (χ1v) is 11.5. The highest BCUT2D eigenvalue weighted by atomic mass is 35.5. The molecule has 0 radical (unpaired) electrons. The van der Waals surface area contributed by atoms with E-state index in [4.69, 9.17) is 21.6 Å². The van der Waals surface area contributed by atoms with Gasteiger partial charge in [-0.05, 0) is 65.4 Å². The Bertz CT molecular complexity index is 1350. The van der Waals surface area contributed by atoms with Crippen molar-refractivity contribution in [3.63, 3.8) is 0 Å². The van der Waals surface area contributed by atoms with Crippen molar-refractivity contribution in [2.45, 2.75) is 0 Å². The maximum Gasteiger partial charge on any atom is 0.323 e. The molecule has 0 bridgehead atoms. The largest absolute Gasteiger partial charge is 0.323 e. The van der Waals surface area contributed by atoms with E-state index in [1.54, 1.807) is 46.9 Å². The van der Waals surface area contributed by atoms with Gasteiger partial charge in [0, 0.05) is 16.4 Å². The lowest BCUT2D eigenvalue weighted by atomic mass is 10.2. The standard InChI is InChI=1S/C23H15ClN4OS2/c24-14-5-7-15(8-6-14)25-23(29)26-16-9-10-17-18(13-16)28-22(20-4-2-12-31-20)21(27-17)19-3-1-11-30-19/h1-13H,(H2,25,26,29). The third kappa shape index (κ3) is 4.29. The fourth-order valence-corrected chi connectivity index (χ4v) is 4.68. The van der Waals surface area contributed by atoms with E-state index in [0.29, 0.717) is 21.9 Å². The number of thiophene rings is 2. The number of hydrogen-bond donors (Lipinski definition) is 2. The molecule has 2 aromatic carbocycles. The molecule has 0 saturated carbocycles. The van der Waals surface area contributed by atoms with Crippen LogP contribution >= 0.6 is 34.3 Å². The highest BCUT2D eigenvalue weighted by Crippen LogP contribution is 2.35. The summed E-state index contributed by atoms with van der Waals surface area (Å²) in [5.41, 5.74) is 4.48. The Hall–Kier alpha value is -3.26. The first kappa shape index (κ1) is 19.7. The number of nitrogens with one attached hydrogen (secondary N) is 2. The molecule has 2 N–H and O–H groups in total. The number of amides is 2. The van der Waals surface area contributed by atoms with Gasteiger partial charge in [-0.1, -0.05) is 23.7 Å². The van der Waals surface area contributed by atoms with Crippen molar-refractivity contribution in [3.8, 4) is 21.1 Å². The molecule has 3 heterocycles. The number of rotatable bonds is 4. The predicted octanol–water partition coefficient (Wildman–Crippen LogP) is 7.38. The number of hydrogen-bond acceptors (Lipinski definition) is 5. The Kier molecular flexibility index (Phi) is 5.38. The number of fused-ring (bicyclic) bond motifs is 1. The monoisotopic (exact) mass is 462 g/mol. The molecule has 0 atom stereocenters. The SMILES string of the molecule is O=C(Nc1ccc(Cl)cc1)Nc1ccc2nc(-c3cccs3)c(-c3cccs3)nc2c1. The molecule has 0 aliphatic carbocycles. The summed E-state index contributed by atoms with van der Waals surface area (Å²) in [7, 11) is 0. The molecule has 0 aliphatic heterocycles. The van der Waals surface area contributed by atoms with Crippen molar-refractivity contribution in [3.05, 3.63) is 82.5 Å². The van der Waals surface area contributed by atoms with Gasteiger partial charge in [-0.3, -0.25) is 0 Å². The number of benzene rings is 2. The highest BCUT2D eigenvalue weighted by molar-refractivity contribution is 7.14. The van der Waals surface area contributed by atoms with Crippen molar-refractivity contribution in [1.29, 1.82) is 0 Å². The lowest BCUT2D eigenvalue weighted by Gasteiger charge is -2.10. The van der Waals surface area contributed by atoms with Gasteiger partial charge in [0.1, 0.15) is 11.4 Å². The molecule has 8 heteroatoms. The molecular weight excluding hydrogens is 448 g/mol. The van der Waals surface area contributed by atoms with Crippen LogP contribution in [-0.2, 0) is 0 Å². The molecule has 0 unspecified atom stereocenters. The van der Waals surface area contributed by atoms with Crippen molar-refractivity contribution in [2.24, 2.45) is 0 Å². The molecule has 0 aliphatic rings. The second kappa shape index (κ2) is 8.47. The Morgan fingerprint density at radius 1 is 0.742 bits per heavy atom. The Morgan fingerprint density at radius 3 is 1.94 bits per heavy atom. The molecule has 0 spiro atoms. The zero-order valence-electron chi connectivity index (χ0n) is 16.0. The van der Waals surface area contributed by atoms with Crippen LogP contribution in [0.2, 0.25) is 5.02 Å². The highest BCUT2D eigenvalue weighted by Gasteiger charge is 2.15. The summed E-state index contributed by atoms with van der Waals surface area (Å²) in [5.74, 6) is 0. The van der Waals surface area contributed by atoms with Gasteiger partial charge in [0.05, 0.1) is 20.8 Å². The van der Waals surface area contributed by atoms with E-state index in [2.05, 4.69) is 16.7 Å². The summed E-state index contributed by atoms with van der Waals surface area (Å²) >= 11 is 9.15. The minimum Gasteiger partial charge on any atom is -0.308 e. The predicted molar refractivity (Wildman–Crippen MR) is 130 cm³/mol. The van der Waals surface area contributed by atoms with E-state index in [1.165, 1.54) is 0 Å². The third-order valence-electron chi connectivity index (χ3n) is 4.53. The Balaban J connectivity index is 1.47. The van der Waals surface area contributed by atoms with E-state index in [-0.39, 0.29) is 6.03 Å². The van der Waals surface area contributed by atoms with Crippen LogP contribution in [0.5, 0.6) is 0 Å².